The third-order valence-electron chi connectivity index (χ3n) is 16.2. The number of aliphatic carboxylic acids is 1. The van der Waals surface area contributed by atoms with E-state index in [9.17, 15) is 71.9 Å². The van der Waals surface area contributed by atoms with Crippen LogP contribution in [0.2, 0.25) is 0 Å². The van der Waals surface area contributed by atoms with Crippen molar-refractivity contribution in [3.8, 4) is 0 Å². The lowest BCUT2D eigenvalue weighted by molar-refractivity contribution is -0.136. The van der Waals surface area contributed by atoms with E-state index < -0.39 is 186 Å². The maximum atomic E-state index is 14.0. The van der Waals surface area contributed by atoms with Crippen molar-refractivity contribution in [1.29, 1.82) is 0 Å². The number of hydrogen-bond donors (Lipinski definition) is 19. The van der Waals surface area contributed by atoms with Crippen molar-refractivity contribution in [2.45, 2.75) is 293 Å². The van der Waals surface area contributed by atoms with Gasteiger partial charge in [-0.3, -0.25) is 76.7 Å². The minimum absolute atomic E-state index is 0.0208. The number of carboxylic acids is 1. The summed E-state index contributed by atoms with van der Waals surface area (Å²) in [6.07, 6.45) is 2.43. The minimum atomic E-state index is -1.48. The van der Waals surface area contributed by atoms with Crippen LogP contribution in [0.4, 0.5) is 0 Å². The van der Waals surface area contributed by atoms with Crippen molar-refractivity contribution in [2.24, 2.45) is 64.2 Å². The highest BCUT2D eigenvalue weighted by Gasteiger charge is 2.37. The van der Waals surface area contributed by atoms with Crippen molar-refractivity contribution in [3.05, 3.63) is 0 Å². The summed E-state index contributed by atoms with van der Waals surface area (Å²) in [7, 11) is 0. The van der Waals surface area contributed by atoms with E-state index in [1.165, 1.54) is 34.6 Å². The molecule has 596 valence electrons. The lowest BCUT2D eigenvalue weighted by Crippen LogP contribution is -2.60. The molecule has 0 saturated carbocycles. The maximum absolute atomic E-state index is 14.0. The van der Waals surface area contributed by atoms with Crippen molar-refractivity contribution >= 4 is 94.6 Å². The zero-order valence-corrected chi connectivity index (χ0v) is 64.5. The molecule has 35 nitrogen and oxygen atoms in total. The highest BCUT2D eigenvalue weighted by molar-refractivity contribution is 6.00. The molecule has 0 fully saturated rings. The van der Waals surface area contributed by atoms with Crippen molar-refractivity contribution in [2.75, 3.05) is 13.1 Å². The largest absolute Gasteiger partial charge is 0.481 e. The summed E-state index contributed by atoms with van der Waals surface area (Å²) in [5.74, 6) is -13.5. The normalized spacial score (nSPS) is 15.6. The average molecular weight is 1480 g/mol. The van der Waals surface area contributed by atoms with E-state index in [4.69, 9.17) is 38.6 Å². The second kappa shape index (κ2) is 50.7. The van der Waals surface area contributed by atoms with Gasteiger partial charge in [-0.1, -0.05) is 89.5 Å². The van der Waals surface area contributed by atoms with Gasteiger partial charge in [0.2, 0.25) is 88.6 Å². The standard InChI is InChI=1S/C67H124N18O15.C2H4O2/c1-18-38(12)53(71)67(100)85-51(32-52(70)86)66(99)84-50(31-37(10)11)64(97)79-45(24-20-22-26-69)61(94)75-42(16)58(91)82-47(28-34(4)5)62(95)76-39(13)55(88)73-40(14)57(90)81-48(29-35(6)7)63(96)77-41(15)56(89)78-44(23-19-21-25-68)60(93)74-43(17)59(92)83-49(30-36(8)9)65(98)80-46(54(72)87)27-33(2)3;1-2(3)4/h33-51,53H,18-32,68-69,71H2,1-17H3,(H2,70,86)(H2,72,87)(H,73,88)(H,74,93)(H,75,94)(H,76,95)(H,77,96)(H,78,89)(H,79,97)(H,80,98)(H,81,90)(H,82,91)(H,83,92)(H,84,99)(H,85,100);1H3,(H,3,4)/t38-,39-,40-,41-,42-,43-,44-,45-,46-,47-,48-,49-,50-,51-,53-;/m0./s1. The van der Waals surface area contributed by atoms with E-state index in [2.05, 4.69) is 69.1 Å². The van der Waals surface area contributed by atoms with Crippen molar-refractivity contribution < 1.29 is 81.8 Å². The Morgan fingerprint density at radius 3 is 0.788 bits per heavy atom. The number of nitrogens with one attached hydrogen (secondary N) is 13. The third kappa shape index (κ3) is 41.0. The van der Waals surface area contributed by atoms with Crippen LogP contribution >= 0.6 is 0 Å². The van der Waals surface area contributed by atoms with Gasteiger partial charge in [0.25, 0.3) is 5.97 Å². The lowest BCUT2D eigenvalue weighted by Gasteiger charge is -2.28. The van der Waals surface area contributed by atoms with Gasteiger partial charge in [-0.05, 0) is 154 Å². The van der Waals surface area contributed by atoms with E-state index in [0.29, 0.717) is 32.1 Å². The summed E-state index contributed by atoms with van der Waals surface area (Å²) in [6.45, 7) is 30.1. The molecule has 0 aliphatic carbocycles. The van der Waals surface area contributed by atoms with E-state index in [-0.39, 0.29) is 93.5 Å². The number of primary amides is 2. The number of carbonyl (C=O) groups excluding carboxylic acids is 15. The first-order valence-electron chi connectivity index (χ1n) is 36.1. The van der Waals surface area contributed by atoms with E-state index in [0.717, 1.165) is 6.92 Å². The summed E-state index contributed by atoms with van der Waals surface area (Å²) in [5, 5.41) is 41.1. The Labute approximate surface area is 613 Å². The fourth-order valence-electron chi connectivity index (χ4n) is 10.2. The molecule has 0 heterocycles. The van der Waals surface area contributed by atoms with Crippen LogP contribution in [0.15, 0.2) is 0 Å². The molecule has 0 rings (SSSR count). The predicted molar refractivity (Wildman–Crippen MR) is 390 cm³/mol. The first kappa shape index (κ1) is 97.5. The fraction of sp³-hybridized carbons (Fsp3) is 0.768. The number of nitrogens with two attached hydrogens (primary N) is 5. The van der Waals surface area contributed by atoms with Gasteiger partial charge in [0, 0.05) is 6.92 Å². The van der Waals surface area contributed by atoms with Crippen LogP contribution in [0.3, 0.4) is 0 Å². The third-order valence-corrected chi connectivity index (χ3v) is 16.2. The summed E-state index contributed by atoms with van der Waals surface area (Å²) in [4.78, 5) is 211. The molecular weight excluding hydrogens is 1350 g/mol. The maximum Gasteiger partial charge on any atom is 0.300 e. The molecule has 0 aliphatic rings. The van der Waals surface area contributed by atoms with Gasteiger partial charge in [-0.25, -0.2) is 0 Å². The molecule has 0 bridgehead atoms. The van der Waals surface area contributed by atoms with Crippen LogP contribution in [0.1, 0.15) is 208 Å². The summed E-state index contributed by atoms with van der Waals surface area (Å²) in [6, 6.07) is -17.2. The van der Waals surface area contributed by atoms with Gasteiger partial charge in [0.15, 0.2) is 0 Å². The second-order valence-corrected chi connectivity index (χ2v) is 28.9. The number of carbonyl (C=O) groups is 16. The van der Waals surface area contributed by atoms with E-state index in [1.807, 2.05) is 34.6 Å². The van der Waals surface area contributed by atoms with Gasteiger partial charge < -0.3 is 103 Å². The first-order chi connectivity index (χ1) is 48.2. The van der Waals surface area contributed by atoms with E-state index in [1.54, 1.807) is 48.5 Å². The molecule has 0 saturated heterocycles. The number of rotatable bonds is 49. The topological polar surface area (TPSA) is 580 Å². The molecule has 15 atom stereocenters. The lowest BCUT2D eigenvalue weighted by atomic mass is 9.98. The van der Waals surface area contributed by atoms with Gasteiger partial charge in [-0.15, -0.1) is 0 Å². The highest BCUT2D eigenvalue weighted by Crippen LogP contribution is 2.14. The Bertz CT molecular complexity index is 2820. The molecular formula is C69H128N18O17. The molecule has 104 heavy (non-hydrogen) atoms. The molecule has 0 aromatic heterocycles. The molecule has 0 aliphatic heterocycles. The quantitative estimate of drug-likeness (QED) is 0.0285. The smallest absolute Gasteiger partial charge is 0.300 e. The van der Waals surface area contributed by atoms with Crippen molar-refractivity contribution in [1.82, 2.24) is 69.1 Å². The molecule has 15 amide bonds. The molecule has 24 N–H and O–H groups in total. The predicted octanol–water partition coefficient (Wildman–Crippen LogP) is -2.30. The van der Waals surface area contributed by atoms with Crippen LogP contribution in [-0.2, 0) is 76.7 Å². The Kier molecular flexibility index (Phi) is 47.5. The fourth-order valence-corrected chi connectivity index (χ4v) is 10.2. The molecule has 0 aromatic rings. The van der Waals surface area contributed by atoms with Crippen LogP contribution < -0.4 is 97.8 Å². The van der Waals surface area contributed by atoms with Gasteiger partial charge >= 0.3 is 0 Å². The minimum Gasteiger partial charge on any atom is -0.481 e. The summed E-state index contributed by atoms with van der Waals surface area (Å²) < 4.78 is 0. The average Bonchev–Trinajstić information content (AvgIpc) is 0.885. The SMILES string of the molecule is CC(=O)O.CC[C@H](C)[C@H](N)C(=O)N[C@@H](CC(N)=O)C(=O)N[C@@H](CC(C)C)C(=O)N[C@@H](CCCCN)C(=O)N[C@@H](C)C(=O)N[C@@H](CC(C)C)C(=O)N[C@@H](C)C(=O)N[C@@H](C)C(=O)N[C@@H](CC(C)C)C(=O)N[C@@H](C)C(=O)N[C@@H](CCCCN)C(=O)N[C@@H](C)C(=O)N[C@@H](CC(C)C)C(=O)N[C@@H](CC(C)C)C(N)=O. The van der Waals surface area contributed by atoms with Crippen molar-refractivity contribution in [3.63, 3.8) is 0 Å². The monoisotopic (exact) mass is 1480 g/mol. The number of unbranched alkanes of at least 4 members (excludes halogenated alkanes) is 2. The van der Waals surface area contributed by atoms with E-state index >= 15 is 0 Å². The van der Waals surface area contributed by atoms with Crippen LogP contribution in [0.25, 0.3) is 0 Å². The Balaban J connectivity index is 0. The molecule has 0 radical (unpaired) electrons. The van der Waals surface area contributed by atoms with Gasteiger partial charge in [-0.2, -0.15) is 0 Å². The second-order valence-electron chi connectivity index (χ2n) is 28.9. The van der Waals surface area contributed by atoms with Gasteiger partial charge in [0.05, 0.1) is 12.5 Å². The Hall–Kier alpha value is -8.60. The molecule has 0 spiro atoms. The summed E-state index contributed by atoms with van der Waals surface area (Å²) >= 11 is 0. The van der Waals surface area contributed by atoms with Crippen LogP contribution in [0.5, 0.6) is 0 Å². The first-order valence-corrected chi connectivity index (χ1v) is 36.1. The highest BCUT2D eigenvalue weighted by atomic mass is 16.4. The Morgan fingerprint density at radius 2 is 0.519 bits per heavy atom. The molecule has 0 unspecified atom stereocenters. The van der Waals surface area contributed by atoms with Crippen LogP contribution in [-0.4, -0.2) is 197 Å². The zero-order chi connectivity index (χ0) is 80.6. The number of amides is 15. The molecule has 35 heteroatoms. The number of carboxylic acid groups (broad SMARTS) is 1. The zero-order valence-electron chi connectivity index (χ0n) is 64.5. The van der Waals surface area contributed by atoms with Gasteiger partial charge in [0.1, 0.15) is 78.5 Å². The Morgan fingerprint density at radius 1 is 0.308 bits per heavy atom. The summed E-state index contributed by atoms with van der Waals surface area (Å²) in [5.41, 5.74) is 28.5. The number of hydrogen-bond acceptors (Lipinski definition) is 19. The van der Waals surface area contributed by atoms with Crippen LogP contribution in [0, 0.1) is 35.5 Å². The molecule has 0 aromatic carbocycles.